The molecule has 0 aliphatic rings. The van der Waals surface area contributed by atoms with Crippen LogP contribution in [0.15, 0.2) is 18.2 Å². The summed E-state index contributed by atoms with van der Waals surface area (Å²) in [5, 5.41) is 10.5. The molecule has 0 N–H and O–H groups in total. The van der Waals surface area contributed by atoms with Crippen LogP contribution in [0.4, 0.5) is 8.78 Å². The number of benzene rings is 1. The Morgan fingerprint density at radius 3 is 2.88 bits per heavy atom. The van der Waals surface area contributed by atoms with Gasteiger partial charge >= 0.3 is 0 Å². The lowest BCUT2D eigenvalue weighted by molar-refractivity contribution is 0.552. The van der Waals surface area contributed by atoms with Crippen molar-refractivity contribution in [3.63, 3.8) is 0 Å². The quantitative estimate of drug-likeness (QED) is 0.794. The minimum atomic E-state index is -0.505. The number of alkyl halides is 1. The van der Waals surface area contributed by atoms with Gasteiger partial charge in [0.2, 0.25) is 0 Å². The minimum absolute atomic E-state index is 0.0446. The summed E-state index contributed by atoms with van der Waals surface area (Å²) in [6.45, 7) is 1.74. The monoisotopic (exact) mass is 258 g/mol. The van der Waals surface area contributed by atoms with Gasteiger partial charge in [0.05, 0.1) is 11.9 Å². The average Bonchev–Trinajstić information content (AvgIpc) is 2.71. The molecule has 7 heteroatoms. The third kappa shape index (κ3) is 2.58. The topological polar surface area (TPSA) is 43.6 Å². The fourth-order valence-corrected chi connectivity index (χ4v) is 1.59. The van der Waals surface area contributed by atoms with Crippen LogP contribution in [0.5, 0.6) is 0 Å². The number of hydrogen-bond donors (Lipinski definition) is 0. The molecule has 0 radical (unpaired) electrons. The van der Waals surface area contributed by atoms with E-state index in [9.17, 15) is 8.78 Å². The summed E-state index contributed by atoms with van der Waals surface area (Å²) in [6, 6.07) is 3.24. The molecule has 2 rings (SSSR count). The zero-order chi connectivity index (χ0) is 12.4. The highest BCUT2D eigenvalue weighted by Crippen LogP contribution is 2.17. The summed E-state index contributed by atoms with van der Waals surface area (Å²) in [6.07, 6.45) is 0. The molecule has 0 bridgehead atoms. The normalized spacial score (nSPS) is 12.7. The van der Waals surface area contributed by atoms with Crippen LogP contribution in [0.3, 0.4) is 0 Å². The Hall–Kier alpha value is -1.56. The van der Waals surface area contributed by atoms with Crippen LogP contribution in [0.25, 0.3) is 0 Å². The molecule has 17 heavy (non-hydrogen) atoms. The SMILES string of the molecule is CC(Cl)c1nnnn1Cc1cc(F)ccc1F. The molecule has 1 atom stereocenters. The molecule has 0 saturated heterocycles. The number of hydrogen-bond acceptors (Lipinski definition) is 3. The van der Waals surface area contributed by atoms with E-state index in [1.165, 1.54) is 4.68 Å². The Bertz CT molecular complexity index is 527. The standard InChI is InChI=1S/C10H9ClF2N4/c1-6(11)10-14-15-16-17(10)5-7-4-8(12)2-3-9(7)13/h2-4,6H,5H2,1H3. The van der Waals surface area contributed by atoms with Crippen LogP contribution in [0.2, 0.25) is 0 Å². The highest BCUT2D eigenvalue weighted by molar-refractivity contribution is 6.20. The van der Waals surface area contributed by atoms with E-state index < -0.39 is 17.0 Å². The van der Waals surface area contributed by atoms with E-state index in [4.69, 9.17) is 11.6 Å². The Labute approximate surface area is 101 Å². The number of tetrazole rings is 1. The lowest BCUT2D eigenvalue weighted by Gasteiger charge is -2.06. The molecule has 1 aromatic heterocycles. The second-order valence-corrected chi connectivity index (χ2v) is 4.20. The van der Waals surface area contributed by atoms with E-state index in [1.807, 2.05) is 0 Å². The third-order valence-corrected chi connectivity index (χ3v) is 2.44. The van der Waals surface area contributed by atoms with Crippen LogP contribution in [0.1, 0.15) is 23.7 Å². The molecular weight excluding hydrogens is 250 g/mol. The zero-order valence-electron chi connectivity index (χ0n) is 8.94. The molecule has 0 amide bonds. The van der Waals surface area contributed by atoms with Gasteiger partial charge in [0.15, 0.2) is 5.82 Å². The van der Waals surface area contributed by atoms with E-state index in [0.29, 0.717) is 5.82 Å². The Morgan fingerprint density at radius 1 is 1.41 bits per heavy atom. The van der Waals surface area contributed by atoms with Gasteiger partial charge in [-0.1, -0.05) is 0 Å². The lowest BCUT2D eigenvalue weighted by Crippen LogP contribution is -2.09. The van der Waals surface area contributed by atoms with Crippen LogP contribution >= 0.6 is 11.6 Å². The van der Waals surface area contributed by atoms with Gasteiger partial charge in [0, 0.05) is 5.56 Å². The van der Waals surface area contributed by atoms with E-state index in [0.717, 1.165) is 18.2 Å². The van der Waals surface area contributed by atoms with Crippen molar-refractivity contribution < 1.29 is 8.78 Å². The first kappa shape index (κ1) is 11.9. The summed E-state index contributed by atoms with van der Waals surface area (Å²) in [5.74, 6) is -0.597. The Kier molecular flexibility index (Phi) is 3.33. The largest absolute Gasteiger partial charge is 0.224 e. The Balaban J connectivity index is 2.31. The third-order valence-electron chi connectivity index (χ3n) is 2.24. The molecular formula is C10H9ClF2N4. The molecule has 0 saturated carbocycles. The van der Waals surface area contributed by atoms with Crippen molar-refractivity contribution in [1.82, 2.24) is 20.2 Å². The number of aromatic nitrogens is 4. The predicted molar refractivity (Wildman–Crippen MR) is 57.5 cm³/mol. The fraction of sp³-hybridized carbons (Fsp3) is 0.300. The molecule has 90 valence electrons. The summed E-state index contributed by atoms with van der Waals surface area (Å²) in [7, 11) is 0. The lowest BCUT2D eigenvalue weighted by atomic mass is 10.2. The van der Waals surface area contributed by atoms with E-state index in [-0.39, 0.29) is 12.1 Å². The predicted octanol–water partition coefficient (Wildman–Crippen LogP) is 2.30. The minimum Gasteiger partial charge on any atom is -0.224 e. The van der Waals surface area contributed by atoms with Crippen molar-refractivity contribution in [2.24, 2.45) is 0 Å². The van der Waals surface area contributed by atoms with Crippen LogP contribution in [0, 0.1) is 11.6 Å². The van der Waals surface area contributed by atoms with Gasteiger partial charge in [-0.25, -0.2) is 13.5 Å². The summed E-state index contributed by atoms with van der Waals surface area (Å²) in [4.78, 5) is 0. The number of nitrogens with zero attached hydrogens (tertiary/aromatic N) is 4. The molecule has 1 heterocycles. The smallest absolute Gasteiger partial charge is 0.169 e. The second kappa shape index (κ2) is 4.75. The molecule has 0 spiro atoms. The van der Waals surface area contributed by atoms with Crippen molar-refractivity contribution >= 4 is 11.6 Å². The molecule has 2 aromatic rings. The van der Waals surface area contributed by atoms with Gasteiger partial charge in [-0.05, 0) is 35.5 Å². The van der Waals surface area contributed by atoms with E-state index in [2.05, 4.69) is 15.5 Å². The first-order valence-electron chi connectivity index (χ1n) is 4.92. The highest BCUT2D eigenvalue weighted by atomic mass is 35.5. The van der Waals surface area contributed by atoms with Gasteiger partial charge in [0.25, 0.3) is 0 Å². The van der Waals surface area contributed by atoms with Crippen LogP contribution in [-0.4, -0.2) is 20.2 Å². The summed E-state index contributed by atoms with van der Waals surface area (Å²) in [5.41, 5.74) is 0.177. The van der Waals surface area contributed by atoms with Gasteiger partial charge < -0.3 is 0 Å². The fourth-order valence-electron chi connectivity index (χ4n) is 1.43. The van der Waals surface area contributed by atoms with Gasteiger partial charge in [-0.3, -0.25) is 0 Å². The van der Waals surface area contributed by atoms with Crippen molar-refractivity contribution in [2.45, 2.75) is 18.8 Å². The highest BCUT2D eigenvalue weighted by Gasteiger charge is 2.13. The van der Waals surface area contributed by atoms with Crippen LogP contribution in [-0.2, 0) is 6.54 Å². The maximum atomic E-state index is 13.4. The molecule has 1 aromatic carbocycles. The van der Waals surface area contributed by atoms with Crippen molar-refractivity contribution in [3.8, 4) is 0 Å². The number of rotatable bonds is 3. The molecule has 0 aliphatic heterocycles. The molecule has 4 nitrogen and oxygen atoms in total. The zero-order valence-corrected chi connectivity index (χ0v) is 9.70. The summed E-state index contributed by atoms with van der Waals surface area (Å²) < 4.78 is 27.7. The first-order chi connectivity index (χ1) is 8.08. The van der Waals surface area contributed by atoms with Crippen molar-refractivity contribution in [3.05, 3.63) is 41.2 Å². The summed E-state index contributed by atoms with van der Waals surface area (Å²) >= 11 is 5.86. The Morgan fingerprint density at radius 2 is 2.18 bits per heavy atom. The average molecular weight is 259 g/mol. The number of halogens is 3. The maximum absolute atomic E-state index is 13.4. The molecule has 0 aliphatic carbocycles. The maximum Gasteiger partial charge on any atom is 0.169 e. The first-order valence-corrected chi connectivity index (χ1v) is 5.35. The van der Waals surface area contributed by atoms with Crippen molar-refractivity contribution in [1.29, 1.82) is 0 Å². The van der Waals surface area contributed by atoms with Gasteiger partial charge in [-0.2, -0.15) is 0 Å². The van der Waals surface area contributed by atoms with E-state index >= 15 is 0 Å². The molecule has 0 fully saturated rings. The molecule has 1 unspecified atom stereocenters. The second-order valence-electron chi connectivity index (χ2n) is 3.55. The van der Waals surface area contributed by atoms with E-state index in [1.54, 1.807) is 6.92 Å². The van der Waals surface area contributed by atoms with Gasteiger partial charge in [-0.15, -0.1) is 16.7 Å². The van der Waals surface area contributed by atoms with Crippen LogP contribution < -0.4 is 0 Å². The van der Waals surface area contributed by atoms with Crippen molar-refractivity contribution in [2.75, 3.05) is 0 Å². The van der Waals surface area contributed by atoms with Gasteiger partial charge in [0.1, 0.15) is 11.6 Å².